The Hall–Kier alpha value is -3.27. The molecule has 1 unspecified atom stereocenters. The molecule has 0 saturated carbocycles. The monoisotopic (exact) mass is 344 g/mol. The van der Waals surface area contributed by atoms with E-state index in [0.29, 0.717) is 13.0 Å². The maximum atomic E-state index is 12.5. The SMILES string of the molecule is O=C(Nc1ccc(Nc2ccccc2)cc1)C1COc2ccccc2C1. The van der Waals surface area contributed by atoms with Crippen LogP contribution >= 0.6 is 0 Å². The van der Waals surface area contributed by atoms with Crippen molar-refractivity contribution < 1.29 is 9.53 Å². The molecule has 1 aliphatic rings. The molecular weight excluding hydrogens is 324 g/mol. The third-order valence-electron chi connectivity index (χ3n) is 4.46. The Balaban J connectivity index is 1.37. The molecule has 1 amide bonds. The van der Waals surface area contributed by atoms with E-state index in [1.54, 1.807) is 0 Å². The normalized spacial score (nSPS) is 15.5. The minimum atomic E-state index is -0.174. The number of hydrogen-bond acceptors (Lipinski definition) is 3. The van der Waals surface area contributed by atoms with E-state index in [0.717, 1.165) is 28.4 Å². The van der Waals surface area contributed by atoms with E-state index >= 15 is 0 Å². The second kappa shape index (κ2) is 7.31. The molecule has 1 heterocycles. The molecule has 3 aromatic carbocycles. The molecule has 3 aromatic rings. The summed E-state index contributed by atoms with van der Waals surface area (Å²) in [6.07, 6.45) is 0.704. The zero-order chi connectivity index (χ0) is 17.8. The van der Waals surface area contributed by atoms with E-state index in [1.165, 1.54) is 0 Å². The number of nitrogens with one attached hydrogen (secondary N) is 2. The van der Waals surface area contributed by atoms with Gasteiger partial charge in [0.25, 0.3) is 0 Å². The van der Waals surface area contributed by atoms with Crippen molar-refractivity contribution in [3.63, 3.8) is 0 Å². The van der Waals surface area contributed by atoms with Gasteiger partial charge in [0.1, 0.15) is 12.4 Å². The summed E-state index contributed by atoms with van der Waals surface area (Å²) in [5, 5.41) is 6.31. The van der Waals surface area contributed by atoms with Crippen LogP contribution in [0, 0.1) is 5.92 Å². The predicted molar refractivity (Wildman–Crippen MR) is 104 cm³/mol. The topological polar surface area (TPSA) is 50.4 Å². The highest BCUT2D eigenvalue weighted by atomic mass is 16.5. The van der Waals surface area contributed by atoms with Gasteiger partial charge in [-0.3, -0.25) is 4.79 Å². The average molecular weight is 344 g/mol. The van der Waals surface area contributed by atoms with Crippen LogP contribution in [0.4, 0.5) is 17.1 Å². The molecule has 0 radical (unpaired) electrons. The van der Waals surface area contributed by atoms with Crippen molar-refractivity contribution in [1.29, 1.82) is 0 Å². The van der Waals surface area contributed by atoms with Crippen molar-refractivity contribution >= 4 is 23.0 Å². The number of para-hydroxylation sites is 2. The van der Waals surface area contributed by atoms with Crippen molar-refractivity contribution in [3.05, 3.63) is 84.4 Å². The molecule has 2 N–H and O–H groups in total. The highest BCUT2D eigenvalue weighted by Gasteiger charge is 2.25. The first-order valence-electron chi connectivity index (χ1n) is 8.72. The van der Waals surface area contributed by atoms with Gasteiger partial charge in [-0.25, -0.2) is 0 Å². The molecule has 130 valence electrons. The molecule has 0 bridgehead atoms. The fraction of sp³-hybridized carbons (Fsp3) is 0.136. The highest BCUT2D eigenvalue weighted by molar-refractivity contribution is 5.93. The summed E-state index contributed by atoms with van der Waals surface area (Å²) in [6, 6.07) is 25.6. The number of amides is 1. The molecule has 4 rings (SSSR count). The lowest BCUT2D eigenvalue weighted by Gasteiger charge is -2.24. The van der Waals surface area contributed by atoms with Crippen LogP contribution in [0.25, 0.3) is 0 Å². The van der Waals surface area contributed by atoms with Gasteiger partial charge < -0.3 is 15.4 Å². The highest BCUT2D eigenvalue weighted by Crippen LogP contribution is 2.27. The van der Waals surface area contributed by atoms with Gasteiger partial charge in [-0.2, -0.15) is 0 Å². The summed E-state index contributed by atoms with van der Waals surface area (Å²) in [6.45, 7) is 0.413. The van der Waals surface area contributed by atoms with Crippen LogP contribution in [0.15, 0.2) is 78.9 Å². The molecular formula is C22H20N2O2. The van der Waals surface area contributed by atoms with Crippen LogP contribution in [0.1, 0.15) is 5.56 Å². The van der Waals surface area contributed by atoms with Crippen LogP contribution in [0.5, 0.6) is 5.75 Å². The first kappa shape index (κ1) is 16.2. The van der Waals surface area contributed by atoms with Gasteiger partial charge in [-0.1, -0.05) is 36.4 Å². The molecule has 0 saturated heterocycles. The van der Waals surface area contributed by atoms with Gasteiger partial charge in [0.2, 0.25) is 5.91 Å². The number of carbonyl (C=O) groups is 1. The zero-order valence-electron chi connectivity index (χ0n) is 14.3. The molecule has 26 heavy (non-hydrogen) atoms. The first-order valence-corrected chi connectivity index (χ1v) is 8.72. The van der Waals surface area contributed by atoms with Crippen LogP contribution in [-0.2, 0) is 11.2 Å². The Morgan fingerprint density at radius 3 is 2.27 bits per heavy atom. The van der Waals surface area contributed by atoms with Gasteiger partial charge in [0.15, 0.2) is 0 Å². The summed E-state index contributed by atoms with van der Waals surface area (Å²) in [5.74, 6) is 0.697. The molecule has 1 aliphatic heterocycles. The summed E-state index contributed by atoms with van der Waals surface area (Å²) < 4.78 is 5.71. The molecule has 0 spiro atoms. The van der Waals surface area contributed by atoms with Crippen molar-refractivity contribution in [2.45, 2.75) is 6.42 Å². The maximum absolute atomic E-state index is 12.5. The number of rotatable bonds is 4. The van der Waals surface area contributed by atoms with Crippen LogP contribution in [0.2, 0.25) is 0 Å². The second-order valence-electron chi connectivity index (χ2n) is 6.38. The predicted octanol–water partition coefficient (Wildman–Crippen LogP) is 4.62. The van der Waals surface area contributed by atoms with Gasteiger partial charge >= 0.3 is 0 Å². The maximum Gasteiger partial charge on any atom is 0.231 e. The third kappa shape index (κ3) is 3.70. The van der Waals surface area contributed by atoms with Crippen LogP contribution in [0.3, 0.4) is 0 Å². The molecule has 0 aliphatic carbocycles. The van der Waals surface area contributed by atoms with E-state index in [9.17, 15) is 4.79 Å². The van der Waals surface area contributed by atoms with E-state index in [4.69, 9.17) is 4.74 Å². The number of anilines is 3. The van der Waals surface area contributed by atoms with Crippen LogP contribution in [-0.4, -0.2) is 12.5 Å². The van der Waals surface area contributed by atoms with Crippen molar-refractivity contribution in [3.8, 4) is 5.75 Å². The molecule has 0 fully saturated rings. The Bertz CT molecular complexity index is 892. The first-order chi connectivity index (χ1) is 12.8. The molecule has 4 nitrogen and oxygen atoms in total. The van der Waals surface area contributed by atoms with Crippen molar-refractivity contribution in [2.75, 3.05) is 17.2 Å². The number of benzene rings is 3. The minimum absolute atomic E-state index is 0.0109. The summed E-state index contributed by atoms with van der Waals surface area (Å²) in [5.41, 5.74) is 3.88. The lowest BCUT2D eigenvalue weighted by molar-refractivity contribution is -0.121. The Labute approximate surface area is 152 Å². The summed E-state index contributed by atoms with van der Waals surface area (Å²) >= 11 is 0. The third-order valence-corrected chi connectivity index (χ3v) is 4.46. The van der Waals surface area contributed by atoms with Gasteiger partial charge in [-0.05, 0) is 54.4 Å². The number of fused-ring (bicyclic) bond motifs is 1. The van der Waals surface area contributed by atoms with Crippen molar-refractivity contribution in [2.24, 2.45) is 5.92 Å². The van der Waals surface area contributed by atoms with Gasteiger partial charge in [0, 0.05) is 17.1 Å². The van der Waals surface area contributed by atoms with E-state index < -0.39 is 0 Å². The molecule has 4 heteroatoms. The van der Waals surface area contributed by atoms with E-state index in [2.05, 4.69) is 10.6 Å². The average Bonchev–Trinajstić information content (AvgIpc) is 2.70. The lowest BCUT2D eigenvalue weighted by Crippen LogP contribution is -2.32. The van der Waals surface area contributed by atoms with Crippen molar-refractivity contribution in [1.82, 2.24) is 0 Å². The smallest absolute Gasteiger partial charge is 0.231 e. The molecule has 1 atom stereocenters. The standard InChI is InChI=1S/C22H20N2O2/c25-22(17-14-16-6-4-5-9-21(16)26-15-17)24-20-12-10-19(11-13-20)23-18-7-2-1-3-8-18/h1-13,17,23H,14-15H2,(H,24,25). The van der Waals surface area contributed by atoms with Gasteiger partial charge in [-0.15, -0.1) is 0 Å². The summed E-state index contributed by atoms with van der Waals surface area (Å²) in [4.78, 5) is 12.5. The Morgan fingerprint density at radius 2 is 1.46 bits per heavy atom. The fourth-order valence-corrected chi connectivity index (χ4v) is 3.07. The van der Waals surface area contributed by atoms with Gasteiger partial charge in [0.05, 0.1) is 5.92 Å². The fourth-order valence-electron chi connectivity index (χ4n) is 3.07. The Morgan fingerprint density at radius 1 is 0.808 bits per heavy atom. The second-order valence-corrected chi connectivity index (χ2v) is 6.38. The number of carbonyl (C=O) groups excluding carboxylic acids is 1. The number of hydrogen-bond donors (Lipinski definition) is 2. The number of ether oxygens (including phenoxy) is 1. The Kier molecular flexibility index (Phi) is 4.56. The quantitative estimate of drug-likeness (QED) is 0.726. The lowest BCUT2D eigenvalue weighted by atomic mass is 9.96. The van der Waals surface area contributed by atoms with Crippen LogP contribution < -0.4 is 15.4 Å². The zero-order valence-corrected chi connectivity index (χ0v) is 14.3. The van der Waals surface area contributed by atoms with E-state index in [1.807, 2.05) is 78.9 Å². The summed E-state index contributed by atoms with van der Waals surface area (Å²) in [7, 11) is 0. The minimum Gasteiger partial charge on any atom is -0.492 e. The largest absolute Gasteiger partial charge is 0.492 e. The molecule has 0 aromatic heterocycles. The van der Waals surface area contributed by atoms with E-state index in [-0.39, 0.29) is 11.8 Å².